The lowest BCUT2D eigenvalue weighted by molar-refractivity contribution is 0.0225. The van der Waals surface area contributed by atoms with E-state index in [1.807, 2.05) is 60.7 Å². The van der Waals surface area contributed by atoms with Crippen molar-refractivity contribution in [2.75, 3.05) is 0 Å². The highest BCUT2D eigenvalue weighted by Gasteiger charge is 2.60. The Labute approximate surface area is 163 Å². The van der Waals surface area contributed by atoms with E-state index in [4.69, 9.17) is 0 Å². The van der Waals surface area contributed by atoms with E-state index in [9.17, 15) is 9.59 Å². The van der Waals surface area contributed by atoms with Crippen LogP contribution in [-0.4, -0.2) is 13.9 Å². The molecule has 142 valence electrons. The molecule has 0 spiro atoms. The molecule has 4 atom stereocenters. The number of allylic oxidation sites excluding steroid dienone is 2. The molecule has 5 nitrogen and oxygen atoms in total. The van der Waals surface area contributed by atoms with Crippen LogP contribution in [0, 0.1) is 11.8 Å². The lowest BCUT2D eigenvalue weighted by atomic mass is 9.59. The summed E-state index contributed by atoms with van der Waals surface area (Å²) in [6, 6.07) is 20.1. The fourth-order valence-corrected chi connectivity index (χ4v) is 5.40. The predicted molar refractivity (Wildman–Crippen MR) is 108 cm³/mol. The van der Waals surface area contributed by atoms with Gasteiger partial charge in [-0.1, -0.05) is 86.7 Å². The van der Waals surface area contributed by atoms with E-state index in [-0.39, 0.29) is 23.2 Å². The van der Waals surface area contributed by atoms with Crippen LogP contribution in [0.5, 0.6) is 0 Å². The second kappa shape index (κ2) is 5.47. The second-order valence-electron chi connectivity index (χ2n) is 8.04. The molecule has 28 heavy (non-hydrogen) atoms. The average Bonchev–Trinajstić information content (AvgIpc) is 2.98. The molecule has 0 radical (unpaired) electrons. The number of fused-ring (bicyclic) bond motifs is 1. The zero-order chi connectivity index (χ0) is 19.7. The van der Waals surface area contributed by atoms with Crippen LogP contribution in [0.3, 0.4) is 0 Å². The van der Waals surface area contributed by atoms with Crippen molar-refractivity contribution in [3.63, 3.8) is 0 Å². The van der Waals surface area contributed by atoms with Gasteiger partial charge < -0.3 is 0 Å². The molecule has 5 heteroatoms. The molecule has 2 aromatic carbocycles. The van der Waals surface area contributed by atoms with Crippen molar-refractivity contribution in [2.45, 2.75) is 24.9 Å². The minimum atomic E-state index is -0.686. The fourth-order valence-electron chi connectivity index (χ4n) is 5.40. The average molecular weight is 373 g/mol. The van der Waals surface area contributed by atoms with Crippen molar-refractivity contribution in [3.8, 4) is 0 Å². The van der Waals surface area contributed by atoms with Crippen LogP contribution in [0.2, 0.25) is 0 Å². The molecule has 0 N–H and O–H groups in total. The lowest BCUT2D eigenvalue weighted by Gasteiger charge is -2.57. The molecular formula is C23H23N3O2. The molecule has 1 aliphatic carbocycles. The summed E-state index contributed by atoms with van der Waals surface area (Å²) in [7, 11) is 1.56. The predicted octanol–water partition coefficient (Wildman–Crippen LogP) is 2.69. The zero-order valence-corrected chi connectivity index (χ0v) is 16.2. The lowest BCUT2D eigenvalue weighted by Crippen LogP contribution is -2.66. The van der Waals surface area contributed by atoms with E-state index >= 15 is 0 Å². The summed E-state index contributed by atoms with van der Waals surface area (Å²) in [6.07, 6.45) is 4.28. The van der Waals surface area contributed by atoms with Gasteiger partial charge in [-0.15, -0.1) is 0 Å². The van der Waals surface area contributed by atoms with Gasteiger partial charge in [0.05, 0.1) is 0 Å². The number of hydrogen-bond donors (Lipinski definition) is 0. The SMILES string of the molecule is C[C@@H]1[C@H](C)[C@]2(c3ccccc3)C=C[C@@]1(c1ccccc1)n1c(=O)n(C)c(=O)n12. The van der Waals surface area contributed by atoms with Crippen LogP contribution in [0.25, 0.3) is 0 Å². The van der Waals surface area contributed by atoms with Gasteiger partial charge in [-0.3, -0.25) is 0 Å². The van der Waals surface area contributed by atoms with Crippen molar-refractivity contribution in [3.05, 3.63) is 105 Å². The summed E-state index contributed by atoms with van der Waals surface area (Å²) in [4.78, 5) is 26.6. The third kappa shape index (κ3) is 1.72. The maximum Gasteiger partial charge on any atom is 0.348 e. The molecule has 6 rings (SSSR count). The molecule has 0 unspecified atom stereocenters. The Hall–Kier alpha value is -3.08. The third-order valence-electron chi connectivity index (χ3n) is 7.04. The van der Waals surface area contributed by atoms with Gasteiger partial charge in [0, 0.05) is 7.05 Å². The highest BCUT2D eigenvalue weighted by atomic mass is 16.2. The molecule has 3 aliphatic rings. The van der Waals surface area contributed by atoms with Crippen LogP contribution < -0.4 is 11.4 Å². The minimum absolute atomic E-state index is 0.111. The number of hydrogen-bond acceptors (Lipinski definition) is 2. The van der Waals surface area contributed by atoms with Crippen LogP contribution in [0.4, 0.5) is 0 Å². The van der Waals surface area contributed by atoms with Crippen molar-refractivity contribution in [1.82, 2.24) is 13.9 Å². The Bertz CT molecular complexity index is 1110. The summed E-state index contributed by atoms with van der Waals surface area (Å²) in [5.74, 6) is 0.221. The van der Waals surface area contributed by atoms with Gasteiger partial charge >= 0.3 is 11.4 Å². The van der Waals surface area contributed by atoms with Gasteiger partial charge in [0.2, 0.25) is 0 Å². The molecule has 3 heterocycles. The molecule has 2 aliphatic heterocycles. The van der Waals surface area contributed by atoms with Gasteiger partial charge in [-0.25, -0.2) is 23.5 Å². The Morgan fingerprint density at radius 1 is 0.679 bits per heavy atom. The molecule has 0 saturated carbocycles. The van der Waals surface area contributed by atoms with Gasteiger partial charge in [-0.2, -0.15) is 0 Å². The first-order chi connectivity index (χ1) is 13.5. The van der Waals surface area contributed by atoms with Crippen LogP contribution in [0.1, 0.15) is 25.0 Å². The maximum atomic E-state index is 13.3. The molecule has 0 amide bonds. The van der Waals surface area contributed by atoms with Crippen molar-refractivity contribution in [1.29, 1.82) is 0 Å². The highest BCUT2D eigenvalue weighted by molar-refractivity contribution is 5.44. The Kier molecular flexibility index (Phi) is 3.33. The molecule has 2 bridgehead atoms. The van der Waals surface area contributed by atoms with Crippen molar-refractivity contribution in [2.24, 2.45) is 18.9 Å². The number of rotatable bonds is 2. The van der Waals surface area contributed by atoms with Crippen LogP contribution in [-0.2, 0) is 18.1 Å². The monoisotopic (exact) mass is 373 g/mol. The summed E-state index contributed by atoms with van der Waals surface area (Å²) in [5, 5.41) is 0. The molecule has 3 aromatic rings. The normalized spacial score (nSPS) is 30.4. The highest BCUT2D eigenvalue weighted by Crippen LogP contribution is 2.55. The Morgan fingerprint density at radius 3 is 1.39 bits per heavy atom. The molecule has 0 saturated heterocycles. The van der Waals surface area contributed by atoms with E-state index in [1.165, 1.54) is 4.57 Å². The smallest absolute Gasteiger partial charge is 0.246 e. The fraction of sp³-hybridized carbons (Fsp3) is 0.304. The minimum Gasteiger partial charge on any atom is -0.246 e. The van der Waals surface area contributed by atoms with E-state index in [0.717, 1.165) is 11.1 Å². The van der Waals surface area contributed by atoms with Crippen LogP contribution >= 0.6 is 0 Å². The van der Waals surface area contributed by atoms with Crippen molar-refractivity contribution >= 4 is 0 Å². The summed E-state index contributed by atoms with van der Waals surface area (Å²) >= 11 is 0. The van der Waals surface area contributed by atoms with Gasteiger partial charge in [0.1, 0.15) is 11.1 Å². The van der Waals surface area contributed by atoms with Gasteiger partial charge in [-0.05, 0) is 23.0 Å². The van der Waals surface area contributed by atoms with Gasteiger partial charge in [0.25, 0.3) is 0 Å². The van der Waals surface area contributed by atoms with E-state index < -0.39 is 11.1 Å². The zero-order valence-electron chi connectivity index (χ0n) is 16.2. The first kappa shape index (κ1) is 17.0. The maximum absolute atomic E-state index is 13.3. The third-order valence-corrected chi connectivity index (χ3v) is 7.04. The van der Waals surface area contributed by atoms with Gasteiger partial charge in [0.15, 0.2) is 0 Å². The second-order valence-corrected chi connectivity index (χ2v) is 8.04. The topological polar surface area (TPSA) is 48.9 Å². The number of benzene rings is 2. The van der Waals surface area contributed by atoms with E-state index in [1.54, 1.807) is 16.4 Å². The number of aromatic nitrogens is 3. The standard InChI is InChI=1S/C23H23N3O2/c1-16-17(2)23(19-12-8-5-9-13-19)15-14-22(16,18-10-6-4-7-11-18)25-20(27)24(3)21(28)26(23)25/h4-17H,1-3H3/t16-,17+,22-,23+. The summed E-state index contributed by atoms with van der Waals surface area (Å²) in [6.45, 7) is 4.37. The first-order valence-electron chi connectivity index (χ1n) is 9.69. The van der Waals surface area contributed by atoms with Crippen molar-refractivity contribution < 1.29 is 0 Å². The summed E-state index contributed by atoms with van der Waals surface area (Å²) in [5.41, 5.74) is 0.111. The molecule has 1 aromatic heterocycles. The van der Waals surface area contributed by atoms with Crippen LogP contribution in [0.15, 0.2) is 82.4 Å². The Morgan fingerprint density at radius 2 is 1.04 bits per heavy atom. The molecular weight excluding hydrogens is 350 g/mol. The summed E-state index contributed by atoms with van der Waals surface area (Å²) < 4.78 is 4.62. The number of nitrogens with zero attached hydrogens (tertiary/aromatic N) is 3. The van der Waals surface area contributed by atoms with E-state index in [2.05, 4.69) is 26.0 Å². The Balaban J connectivity index is 1.97. The quantitative estimate of drug-likeness (QED) is 0.649. The molecule has 0 fully saturated rings. The first-order valence-corrected chi connectivity index (χ1v) is 9.69. The van der Waals surface area contributed by atoms with E-state index in [0.29, 0.717) is 0 Å². The largest absolute Gasteiger partial charge is 0.348 e.